The Morgan fingerprint density at radius 2 is 1.22 bits per heavy atom. The van der Waals surface area contributed by atoms with E-state index in [9.17, 15) is 4.79 Å². The fourth-order valence-corrected chi connectivity index (χ4v) is 3.99. The highest BCUT2D eigenvalue weighted by Crippen LogP contribution is 2.53. The minimum atomic E-state index is 0.0438. The summed E-state index contributed by atoms with van der Waals surface area (Å²) in [5, 5.41) is 0. The lowest BCUT2D eigenvalue weighted by molar-refractivity contribution is 0.103. The molecule has 0 radical (unpaired) electrons. The summed E-state index contributed by atoms with van der Waals surface area (Å²) in [4.78, 5) is 13.1. The van der Waals surface area contributed by atoms with Gasteiger partial charge in [-0.05, 0) is 27.8 Å². The third-order valence-corrected chi connectivity index (χ3v) is 4.92. The van der Waals surface area contributed by atoms with Crippen molar-refractivity contribution < 1.29 is 4.79 Å². The van der Waals surface area contributed by atoms with Gasteiger partial charge in [0.1, 0.15) is 0 Å². The average Bonchev–Trinajstić information content (AvgIpc) is 3.10. The highest BCUT2D eigenvalue weighted by molar-refractivity contribution is 6.25. The van der Waals surface area contributed by atoms with E-state index in [1.54, 1.807) is 0 Å². The number of hydrogen-bond donors (Lipinski definition) is 0. The Morgan fingerprint density at radius 1 is 0.609 bits per heavy atom. The molecule has 108 valence electrons. The van der Waals surface area contributed by atoms with Crippen LogP contribution in [0, 0.1) is 0 Å². The summed E-state index contributed by atoms with van der Waals surface area (Å²) in [6.45, 7) is 0. The molecule has 1 nitrogen and oxygen atoms in total. The van der Waals surface area contributed by atoms with Crippen LogP contribution in [0.3, 0.4) is 0 Å². The van der Waals surface area contributed by atoms with Crippen LogP contribution in [0.2, 0.25) is 0 Å². The van der Waals surface area contributed by atoms with Crippen LogP contribution in [0.15, 0.2) is 84.4 Å². The van der Waals surface area contributed by atoms with Crippen LogP contribution in [0.1, 0.15) is 38.5 Å². The molecule has 2 aliphatic carbocycles. The van der Waals surface area contributed by atoms with Gasteiger partial charge in [0.15, 0.2) is 5.78 Å². The fraction of sp³-hybridized carbons (Fsp3) is 0.0455. The van der Waals surface area contributed by atoms with Gasteiger partial charge < -0.3 is 0 Å². The molecule has 23 heavy (non-hydrogen) atoms. The van der Waals surface area contributed by atoms with E-state index in [0.29, 0.717) is 0 Å². The molecule has 2 aliphatic rings. The zero-order valence-corrected chi connectivity index (χ0v) is 12.5. The molecule has 0 N–H and O–H groups in total. The van der Waals surface area contributed by atoms with Crippen molar-refractivity contribution in [2.75, 3.05) is 0 Å². The van der Waals surface area contributed by atoms with Gasteiger partial charge in [0.25, 0.3) is 0 Å². The third-order valence-electron chi connectivity index (χ3n) is 4.92. The Labute approximate surface area is 134 Å². The quantitative estimate of drug-likeness (QED) is 0.628. The molecular formula is C22H14O. The van der Waals surface area contributed by atoms with Crippen molar-refractivity contribution >= 4 is 11.4 Å². The summed E-state index contributed by atoms with van der Waals surface area (Å²) < 4.78 is 0. The van der Waals surface area contributed by atoms with Crippen molar-refractivity contribution in [3.05, 3.63) is 112 Å². The van der Waals surface area contributed by atoms with Gasteiger partial charge in [-0.25, -0.2) is 0 Å². The summed E-state index contributed by atoms with van der Waals surface area (Å²) in [5.74, 6) is 0.225. The van der Waals surface area contributed by atoms with Gasteiger partial charge in [-0.1, -0.05) is 78.9 Å². The first kappa shape index (κ1) is 12.6. The van der Waals surface area contributed by atoms with Crippen LogP contribution < -0.4 is 0 Å². The summed E-state index contributed by atoms with van der Waals surface area (Å²) in [5.41, 5.74) is 7.63. The van der Waals surface area contributed by atoms with E-state index < -0.39 is 0 Å². The van der Waals surface area contributed by atoms with E-state index in [1.165, 1.54) is 16.7 Å². The molecule has 1 atom stereocenters. The van der Waals surface area contributed by atoms with Crippen LogP contribution in [0.5, 0.6) is 0 Å². The van der Waals surface area contributed by atoms with Crippen LogP contribution in [-0.4, -0.2) is 5.78 Å². The second-order valence-electron chi connectivity index (χ2n) is 6.09. The van der Waals surface area contributed by atoms with Crippen molar-refractivity contribution in [2.45, 2.75) is 5.92 Å². The van der Waals surface area contributed by atoms with Gasteiger partial charge in [0.2, 0.25) is 0 Å². The van der Waals surface area contributed by atoms with Gasteiger partial charge in [-0.15, -0.1) is 0 Å². The Hall–Kier alpha value is -2.93. The van der Waals surface area contributed by atoms with Crippen LogP contribution in [0.4, 0.5) is 0 Å². The highest BCUT2D eigenvalue weighted by Gasteiger charge is 2.42. The van der Waals surface area contributed by atoms with Crippen LogP contribution in [-0.2, 0) is 0 Å². The van der Waals surface area contributed by atoms with Crippen LogP contribution >= 0.6 is 0 Å². The van der Waals surface area contributed by atoms with Crippen molar-refractivity contribution in [3.8, 4) is 0 Å². The number of Topliss-reactive ketones (excluding diaryl/α,β-unsaturated/α-hetero) is 1. The molecule has 0 fully saturated rings. The largest absolute Gasteiger partial charge is 0.289 e. The van der Waals surface area contributed by atoms with E-state index in [2.05, 4.69) is 42.5 Å². The lowest BCUT2D eigenvalue weighted by Gasteiger charge is -2.16. The molecule has 0 heterocycles. The molecule has 1 heteroatoms. The second-order valence-corrected chi connectivity index (χ2v) is 6.09. The van der Waals surface area contributed by atoms with Crippen molar-refractivity contribution in [1.82, 2.24) is 0 Å². The Morgan fingerprint density at radius 3 is 2.00 bits per heavy atom. The van der Waals surface area contributed by atoms with Crippen LogP contribution in [0.25, 0.3) is 5.57 Å². The van der Waals surface area contributed by atoms with E-state index in [-0.39, 0.29) is 11.7 Å². The van der Waals surface area contributed by atoms with Gasteiger partial charge in [-0.2, -0.15) is 0 Å². The number of allylic oxidation sites excluding steroid dienone is 1. The van der Waals surface area contributed by atoms with Gasteiger partial charge in [0, 0.05) is 17.1 Å². The SMILES string of the molecule is O=C1C2=C(c3ccccc31)c1ccccc1C2c1ccccc1. The minimum Gasteiger partial charge on any atom is -0.289 e. The fourth-order valence-electron chi connectivity index (χ4n) is 3.99. The number of ketones is 1. The van der Waals surface area contributed by atoms with Crippen molar-refractivity contribution in [3.63, 3.8) is 0 Å². The first-order valence-electron chi connectivity index (χ1n) is 7.89. The van der Waals surface area contributed by atoms with E-state index in [1.807, 2.05) is 36.4 Å². The first-order chi connectivity index (χ1) is 11.4. The second kappa shape index (κ2) is 4.53. The molecule has 0 bridgehead atoms. The highest BCUT2D eigenvalue weighted by atomic mass is 16.1. The molecule has 0 aliphatic heterocycles. The number of rotatable bonds is 1. The maximum absolute atomic E-state index is 13.1. The summed E-state index contributed by atoms with van der Waals surface area (Å²) in [7, 11) is 0. The molecule has 0 saturated heterocycles. The lowest BCUT2D eigenvalue weighted by atomic mass is 9.86. The molecule has 3 aromatic rings. The Kier molecular flexibility index (Phi) is 2.48. The van der Waals surface area contributed by atoms with E-state index >= 15 is 0 Å². The summed E-state index contributed by atoms with van der Waals surface area (Å²) >= 11 is 0. The van der Waals surface area contributed by atoms with Crippen molar-refractivity contribution in [2.24, 2.45) is 0 Å². The molecule has 3 aromatic carbocycles. The zero-order chi connectivity index (χ0) is 15.4. The van der Waals surface area contributed by atoms with E-state index in [0.717, 1.165) is 22.3 Å². The normalized spacial score (nSPS) is 17.9. The van der Waals surface area contributed by atoms with Gasteiger partial charge in [0.05, 0.1) is 0 Å². The number of carbonyl (C=O) groups excluding carboxylic acids is 1. The van der Waals surface area contributed by atoms with E-state index in [4.69, 9.17) is 0 Å². The van der Waals surface area contributed by atoms with Gasteiger partial charge >= 0.3 is 0 Å². The lowest BCUT2D eigenvalue weighted by Crippen LogP contribution is -2.09. The molecule has 0 aromatic heterocycles. The summed E-state index contributed by atoms with van der Waals surface area (Å²) in [6.07, 6.45) is 0. The maximum Gasteiger partial charge on any atom is 0.191 e. The predicted molar refractivity (Wildman–Crippen MR) is 91.5 cm³/mol. The molecule has 5 rings (SSSR count). The monoisotopic (exact) mass is 294 g/mol. The first-order valence-corrected chi connectivity index (χ1v) is 7.89. The van der Waals surface area contributed by atoms with Gasteiger partial charge in [-0.3, -0.25) is 4.79 Å². The zero-order valence-electron chi connectivity index (χ0n) is 12.5. The predicted octanol–water partition coefficient (Wildman–Crippen LogP) is 4.83. The molecule has 0 spiro atoms. The molecule has 0 saturated carbocycles. The van der Waals surface area contributed by atoms with Crippen molar-refractivity contribution in [1.29, 1.82) is 0 Å². The summed E-state index contributed by atoms with van der Waals surface area (Å²) in [6, 6.07) is 26.7. The third kappa shape index (κ3) is 1.59. The maximum atomic E-state index is 13.1. The molecular weight excluding hydrogens is 280 g/mol. The molecule has 0 amide bonds. The average molecular weight is 294 g/mol. The number of benzene rings is 3. The minimum absolute atomic E-state index is 0.0438. The number of fused-ring (bicyclic) bond motifs is 4. The standard InChI is InChI=1S/C22H14O/c23-22-18-13-7-6-12-17(18)20-16-11-5-4-10-15(16)19(21(20)22)14-8-2-1-3-9-14/h1-13,19H. The Bertz CT molecular complexity index is 980. The number of hydrogen-bond acceptors (Lipinski definition) is 1. The molecule has 1 unspecified atom stereocenters. The number of carbonyl (C=O) groups is 1. The Balaban J connectivity index is 1.84. The smallest absolute Gasteiger partial charge is 0.191 e. The topological polar surface area (TPSA) is 17.1 Å².